The van der Waals surface area contributed by atoms with Crippen molar-refractivity contribution in [3.8, 4) is 0 Å². The zero-order chi connectivity index (χ0) is 12.3. The highest BCUT2D eigenvalue weighted by atomic mass is 16.5. The number of rotatable bonds is 2. The van der Waals surface area contributed by atoms with E-state index in [-0.39, 0.29) is 12.1 Å². The number of esters is 1. The third kappa shape index (κ3) is 6.77. The molecule has 2 nitrogen and oxygen atoms in total. The maximum Gasteiger partial charge on any atom is 0.305 e. The third-order valence-electron chi connectivity index (χ3n) is 2.81. The molecule has 17 heavy (non-hydrogen) atoms. The van der Waals surface area contributed by atoms with Crippen LogP contribution >= 0.6 is 0 Å². The quantitative estimate of drug-likeness (QED) is 0.724. The molecule has 0 atom stereocenters. The summed E-state index contributed by atoms with van der Waals surface area (Å²) in [5.74, 6) is -0.0445. The summed E-state index contributed by atoms with van der Waals surface area (Å²) in [6.45, 7) is 1.84. The fourth-order valence-corrected chi connectivity index (χ4v) is 1.84. The Kier molecular flexibility index (Phi) is 7.12. The van der Waals surface area contributed by atoms with Crippen molar-refractivity contribution in [2.24, 2.45) is 0 Å². The van der Waals surface area contributed by atoms with Crippen molar-refractivity contribution in [1.29, 1.82) is 0 Å². The van der Waals surface area contributed by atoms with Gasteiger partial charge in [0.1, 0.15) is 6.10 Å². The highest BCUT2D eigenvalue weighted by Gasteiger charge is 2.16. The van der Waals surface area contributed by atoms with Crippen LogP contribution in [0.1, 0.15) is 45.4 Å². The van der Waals surface area contributed by atoms with E-state index in [1.807, 2.05) is 43.3 Å². The smallest absolute Gasteiger partial charge is 0.305 e. The van der Waals surface area contributed by atoms with Crippen molar-refractivity contribution in [1.82, 2.24) is 0 Å². The van der Waals surface area contributed by atoms with Crippen LogP contribution in [0.5, 0.6) is 0 Å². The van der Waals surface area contributed by atoms with Gasteiger partial charge in [-0.05, 0) is 25.7 Å². The topological polar surface area (TPSA) is 26.3 Å². The Morgan fingerprint density at radius 3 is 1.88 bits per heavy atom. The standard InChI is InChI=1S/C9H16O2.C6H6/c1-2-9(10)11-8-6-4-3-5-7-8;1-2-4-6-5-3-1/h8H,2-7H2,1H3;1-6H. The average molecular weight is 234 g/mol. The molecule has 1 aliphatic carbocycles. The Bertz CT molecular complexity index is 262. The average Bonchev–Trinajstić information content (AvgIpc) is 2.42. The van der Waals surface area contributed by atoms with Crippen molar-refractivity contribution in [2.75, 3.05) is 0 Å². The van der Waals surface area contributed by atoms with Gasteiger partial charge in [0.05, 0.1) is 0 Å². The molecule has 1 saturated carbocycles. The summed E-state index contributed by atoms with van der Waals surface area (Å²) in [7, 11) is 0. The molecule has 1 aliphatic rings. The Balaban J connectivity index is 0.000000202. The molecule has 0 aromatic heterocycles. The molecular weight excluding hydrogens is 212 g/mol. The van der Waals surface area contributed by atoms with Gasteiger partial charge in [-0.1, -0.05) is 49.7 Å². The lowest BCUT2D eigenvalue weighted by Crippen LogP contribution is -2.20. The summed E-state index contributed by atoms with van der Waals surface area (Å²) in [5.41, 5.74) is 0. The number of benzene rings is 1. The van der Waals surface area contributed by atoms with Crippen LogP contribution in [0, 0.1) is 0 Å². The molecule has 0 spiro atoms. The van der Waals surface area contributed by atoms with Gasteiger partial charge in [-0.3, -0.25) is 4.79 Å². The van der Waals surface area contributed by atoms with E-state index < -0.39 is 0 Å². The van der Waals surface area contributed by atoms with Crippen LogP contribution < -0.4 is 0 Å². The van der Waals surface area contributed by atoms with Gasteiger partial charge in [-0.25, -0.2) is 0 Å². The first-order valence-electron chi connectivity index (χ1n) is 6.52. The summed E-state index contributed by atoms with van der Waals surface area (Å²) in [6.07, 6.45) is 6.65. The Hall–Kier alpha value is -1.31. The molecule has 0 saturated heterocycles. The van der Waals surface area contributed by atoms with E-state index in [2.05, 4.69) is 0 Å². The third-order valence-corrected chi connectivity index (χ3v) is 2.81. The normalized spacial score (nSPS) is 15.6. The van der Waals surface area contributed by atoms with Crippen LogP contribution in [0.3, 0.4) is 0 Å². The van der Waals surface area contributed by atoms with Gasteiger partial charge in [0.25, 0.3) is 0 Å². The second kappa shape index (κ2) is 8.80. The zero-order valence-electron chi connectivity index (χ0n) is 10.6. The molecule has 2 heteroatoms. The first-order chi connectivity index (χ1) is 8.33. The number of carbonyl (C=O) groups excluding carboxylic acids is 1. The minimum Gasteiger partial charge on any atom is -0.462 e. The summed E-state index contributed by atoms with van der Waals surface area (Å²) in [6, 6.07) is 12.0. The van der Waals surface area contributed by atoms with Crippen LogP contribution in [0.25, 0.3) is 0 Å². The molecule has 0 aliphatic heterocycles. The first kappa shape index (κ1) is 13.8. The summed E-state index contributed by atoms with van der Waals surface area (Å²) in [5, 5.41) is 0. The second-order valence-corrected chi connectivity index (χ2v) is 4.26. The molecule has 0 amide bonds. The maximum atomic E-state index is 10.9. The van der Waals surface area contributed by atoms with Crippen LogP contribution in [0.15, 0.2) is 36.4 Å². The fraction of sp³-hybridized carbons (Fsp3) is 0.533. The van der Waals surface area contributed by atoms with Crippen molar-refractivity contribution in [3.05, 3.63) is 36.4 Å². The molecule has 1 fully saturated rings. The molecular formula is C15H22O2. The largest absolute Gasteiger partial charge is 0.462 e. The Morgan fingerprint density at radius 2 is 1.47 bits per heavy atom. The predicted molar refractivity (Wildman–Crippen MR) is 69.7 cm³/mol. The maximum absolute atomic E-state index is 10.9. The summed E-state index contributed by atoms with van der Waals surface area (Å²) in [4.78, 5) is 10.9. The van der Waals surface area contributed by atoms with Crippen LogP contribution in [0.4, 0.5) is 0 Å². The van der Waals surface area contributed by atoms with Crippen molar-refractivity contribution >= 4 is 5.97 Å². The van der Waals surface area contributed by atoms with Crippen molar-refractivity contribution < 1.29 is 9.53 Å². The molecule has 0 unspecified atom stereocenters. The van der Waals surface area contributed by atoms with Crippen LogP contribution in [0.2, 0.25) is 0 Å². The number of hydrogen-bond donors (Lipinski definition) is 0. The lowest BCUT2D eigenvalue weighted by atomic mass is 9.98. The first-order valence-corrected chi connectivity index (χ1v) is 6.52. The molecule has 0 N–H and O–H groups in total. The van der Waals surface area contributed by atoms with Crippen molar-refractivity contribution in [2.45, 2.75) is 51.6 Å². The molecule has 0 radical (unpaired) electrons. The fourth-order valence-electron chi connectivity index (χ4n) is 1.84. The molecule has 1 aromatic carbocycles. The highest BCUT2D eigenvalue weighted by Crippen LogP contribution is 2.20. The Morgan fingerprint density at radius 1 is 1.00 bits per heavy atom. The number of carbonyl (C=O) groups is 1. The van der Waals surface area contributed by atoms with E-state index in [0.29, 0.717) is 6.42 Å². The van der Waals surface area contributed by atoms with Gasteiger partial charge in [0.2, 0.25) is 0 Å². The highest BCUT2D eigenvalue weighted by molar-refractivity contribution is 5.69. The SMILES string of the molecule is CCC(=O)OC1CCCCC1.c1ccccc1. The lowest BCUT2D eigenvalue weighted by molar-refractivity contribution is -0.150. The van der Waals surface area contributed by atoms with E-state index >= 15 is 0 Å². The zero-order valence-corrected chi connectivity index (χ0v) is 10.6. The molecule has 1 aromatic rings. The minimum atomic E-state index is -0.0445. The van der Waals surface area contributed by atoms with Gasteiger partial charge in [-0.2, -0.15) is 0 Å². The van der Waals surface area contributed by atoms with E-state index in [0.717, 1.165) is 12.8 Å². The molecule has 0 bridgehead atoms. The van der Waals surface area contributed by atoms with Gasteiger partial charge < -0.3 is 4.74 Å². The van der Waals surface area contributed by atoms with Crippen LogP contribution in [-0.2, 0) is 9.53 Å². The molecule has 94 valence electrons. The van der Waals surface area contributed by atoms with Gasteiger partial charge in [0, 0.05) is 6.42 Å². The summed E-state index contributed by atoms with van der Waals surface area (Å²) < 4.78 is 5.20. The van der Waals surface area contributed by atoms with Gasteiger partial charge in [0.15, 0.2) is 0 Å². The predicted octanol–water partition coefficient (Wildman–Crippen LogP) is 3.96. The van der Waals surface area contributed by atoms with Crippen molar-refractivity contribution in [3.63, 3.8) is 0 Å². The van der Waals surface area contributed by atoms with E-state index in [4.69, 9.17) is 4.74 Å². The number of hydrogen-bond acceptors (Lipinski definition) is 2. The molecule has 2 rings (SSSR count). The summed E-state index contributed by atoms with van der Waals surface area (Å²) >= 11 is 0. The molecule has 0 heterocycles. The minimum absolute atomic E-state index is 0.0445. The van der Waals surface area contributed by atoms with E-state index in [1.54, 1.807) is 0 Å². The second-order valence-electron chi connectivity index (χ2n) is 4.26. The number of ether oxygens (including phenoxy) is 1. The van der Waals surface area contributed by atoms with E-state index in [9.17, 15) is 4.79 Å². The Labute approximate surface area is 104 Å². The van der Waals surface area contributed by atoms with E-state index in [1.165, 1.54) is 19.3 Å². The van der Waals surface area contributed by atoms with Gasteiger partial charge in [-0.15, -0.1) is 0 Å². The van der Waals surface area contributed by atoms with Crippen LogP contribution in [-0.4, -0.2) is 12.1 Å². The monoisotopic (exact) mass is 234 g/mol. The van der Waals surface area contributed by atoms with Gasteiger partial charge >= 0.3 is 5.97 Å². The lowest BCUT2D eigenvalue weighted by Gasteiger charge is -2.21.